The molecule has 0 aliphatic heterocycles. The van der Waals surface area contributed by atoms with Crippen LogP contribution in [-0.2, 0) is 11.3 Å². The second-order valence-corrected chi connectivity index (χ2v) is 5.69. The van der Waals surface area contributed by atoms with Crippen LogP contribution < -0.4 is 0 Å². The number of halogens is 1. The number of aliphatic carboxylic acids is 1. The highest BCUT2D eigenvalue weighted by Crippen LogP contribution is 2.21. The molecule has 0 fully saturated rings. The van der Waals surface area contributed by atoms with Gasteiger partial charge in [0.25, 0.3) is 0 Å². The highest BCUT2D eigenvalue weighted by atomic mass is 79.9. The van der Waals surface area contributed by atoms with E-state index in [0.29, 0.717) is 13.1 Å². The molecule has 100 valence electrons. The predicted octanol–water partition coefficient (Wildman–Crippen LogP) is 2.47. The van der Waals surface area contributed by atoms with Gasteiger partial charge in [0, 0.05) is 28.3 Å². The summed E-state index contributed by atoms with van der Waals surface area (Å²) < 4.78 is 0.987. The third kappa shape index (κ3) is 4.30. The molecule has 0 unspecified atom stereocenters. The minimum absolute atomic E-state index is 0.270. The zero-order valence-electron chi connectivity index (χ0n) is 10.2. The fraction of sp³-hybridized carbons (Fsp3) is 0.455. The van der Waals surface area contributed by atoms with E-state index in [9.17, 15) is 9.59 Å². The van der Waals surface area contributed by atoms with Gasteiger partial charge in [-0.1, -0.05) is 0 Å². The van der Waals surface area contributed by atoms with Crippen LogP contribution in [0.3, 0.4) is 0 Å². The zero-order chi connectivity index (χ0) is 13.7. The third-order valence-electron chi connectivity index (χ3n) is 2.32. The molecule has 1 N–H and O–H groups in total. The summed E-state index contributed by atoms with van der Waals surface area (Å²) in [7, 11) is 1.67. The van der Waals surface area contributed by atoms with Crippen LogP contribution in [0.15, 0.2) is 15.9 Å². The molecule has 18 heavy (non-hydrogen) atoms. The van der Waals surface area contributed by atoms with Gasteiger partial charge >= 0.3 is 12.0 Å². The maximum atomic E-state index is 12.0. The molecule has 0 radical (unpaired) electrons. The molecule has 5 nitrogen and oxygen atoms in total. The maximum Gasteiger partial charge on any atom is 0.323 e. The number of hydrogen-bond donors (Lipinski definition) is 1. The number of carbonyl (C=O) groups excluding carboxylic acids is 1. The fourth-order valence-electron chi connectivity index (χ4n) is 1.46. The Morgan fingerprint density at radius 3 is 2.61 bits per heavy atom. The lowest BCUT2D eigenvalue weighted by Crippen LogP contribution is -2.43. The molecule has 7 heteroatoms. The van der Waals surface area contributed by atoms with Gasteiger partial charge in [-0.15, -0.1) is 11.3 Å². The van der Waals surface area contributed by atoms with Gasteiger partial charge in [-0.25, -0.2) is 4.79 Å². The first-order valence-corrected chi connectivity index (χ1v) is 7.06. The number of carbonyl (C=O) groups is 2. The third-order valence-corrected chi connectivity index (χ3v) is 4.00. The first kappa shape index (κ1) is 15.0. The molecule has 1 rings (SSSR count). The van der Waals surface area contributed by atoms with Crippen molar-refractivity contribution in [2.24, 2.45) is 0 Å². The predicted molar refractivity (Wildman–Crippen MR) is 73.8 cm³/mol. The molecule has 1 aromatic heterocycles. The highest BCUT2D eigenvalue weighted by molar-refractivity contribution is 9.10. The van der Waals surface area contributed by atoms with E-state index in [4.69, 9.17) is 5.11 Å². The Hall–Kier alpha value is -1.08. The number of carboxylic acid groups (broad SMARTS) is 1. The minimum Gasteiger partial charge on any atom is -0.480 e. The van der Waals surface area contributed by atoms with Crippen molar-refractivity contribution in [1.29, 1.82) is 0 Å². The van der Waals surface area contributed by atoms with Crippen LogP contribution >= 0.6 is 27.3 Å². The summed E-state index contributed by atoms with van der Waals surface area (Å²) in [5.41, 5.74) is 0. The van der Waals surface area contributed by atoms with Crippen molar-refractivity contribution in [3.05, 3.63) is 20.8 Å². The summed E-state index contributed by atoms with van der Waals surface area (Å²) in [6.07, 6.45) is 0. The molecule has 0 spiro atoms. The van der Waals surface area contributed by atoms with Crippen LogP contribution in [0.5, 0.6) is 0 Å². The summed E-state index contributed by atoms with van der Waals surface area (Å²) in [5.74, 6) is -1.00. The number of carboxylic acids is 1. The fourth-order valence-corrected chi connectivity index (χ4v) is 2.96. The van der Waals surface area contributed by atoms with Crippen LogP contribution in [0.2, 0.25) is 0 Å². The summed E-state index contributed by atoms with van der Waals surface area (Å²) in [4.78, 5) is 26.5. The highest BCUT2D eigenvalue weighted by Gasteiger charge is 2.19. The average Bonchev–Trinajstić information content (AvgIpc) is 2.70. The second-order valence-electron chi connectivity index (χ2n) is 3.78. The van der Waals surface area contributed by atoms with Crippen LogP contribution in [-0.4, -0.2) is 47.0 Å². The van der Waals surface area contributed by atoms with E-state index < -0.39 is 5.97 Å². The van der Waals surface area contributed by atoms with E-state index in [0.717, 1.165) is 9.35 Å². The SMILES string of the molecule is CCN(CC(=O)O)C(=O)N(C)Cc1cc(Br)cs1. The van der Waals surface area contributed by atoms with Crippen LogP contribution in [0.1, 0.15) is 11.8 Å². The Bertz CT molecular complexity index is 436. The molecule has 0 bridgehead atoms. The number of likely N-dealkylation sites (N-methyl/N-ethyl adjacent to an activating group) is 1. The van der Waals surface area contributed by atoms with Crippen molar-refractivity contribution in [3.63, 3.8) is 0 Å². The van der Waals surface area contributed by atoms with E-state index in [-0.39, 0.29) is 12.6 Å². The number of thiophene rings is 1. The second kappa shape index (κ2) is 6.75. The van der Waals surface area contributed by atoms with Gasteiger partial charge in [0.1, 0.15) is 6.54 Å². The molecular weight excluding hydrogens is 320 g/mol. The molecular formula is C11H15BrN2O3S. The molecule has 0 atom stereocenters. The Morgan fingerprint density at radius 2 is 2.17 bits per heavy atom. The molecule has 2 amide bonds. The molecule has 1 heterocycles. The average molecular weight is 335 g/mol. The van der Waals surface area contributed by atoms with Gasteiger partial charge in [0.2, 0.25) is 0 Å². The van der Waals surface area contributed by atoms with Crippen molar-refractivity contribution in [2.75, 3.05) is 20.1 Å². The van der Waals surface area contributed by atoms with E-state index in [1.807, 2.05) is 11.4 Å². The van der Waals surface area contributed by atoms with Gasteiger partial charge in [0.05, 0.1) is 6.54 Å². The van der Waals surface area contributed by atoms with Crippen LogP contribution in [0.25, 0.3) is 0 Å². The molecule has 1 aromatic rings. The number of urea groups is 1. The first-order valence-electron chi connectivity index (χ1n) is 5.38. The van der Waals surface area contributed by atoms with Crippen molar-refractivity contribution < 1.29 is 14.7 Å². The van der Waals surface area contributed by atoms with Crippen molar-refractivity contribution in [2.45, 2.75) is 13.5 Å². The smallest absolute Gasteiger partial charge is 0.323 e. The van der Waals surface area contributed by atoms with Gasteiger partial charge in [0.15, 0.2) is 0 Å². The Kier molecular flexibility index (Phi) is 5.61. The maximum absolute atomic E-state index is 12.0. The minimum atomic E-state index is -1.00. The molecule has 0 saturated carbocycles. The topological polar surface area (TPSA) is 60.9 Å². The lowest BCUT2D eigenvalue weighted by Gasteiger charge is -2.25. The van der Waals surface area contributed by atoms with Gasteiger partial charge in [-0.2, -0.15) is 0 Å². The van der Waals surface area contributed by atoms with Gasteiger partial charge in [-0.3, -0.25) is 4.79 Å². The molecule has 0 saturated heterocycles. The summed E-state index contributed by atoms with van der Waals surface area (Å²) >= 11 is 4.91. The molecule has 0 aromatic carbocycles. The Labute approximate surface area is 118 Å². The summed E-state index contributed by atoms with van der Waals surface area (Å²) in [5, 5.41) is 10.7. The monoisotopic (exact) mass is 334 g/mol. The number of rotatable bonds is 5. The van der Waals surface area contributed by atoms with E-state index >= 15 is 0 Å². The van der Waals surface area contributed by atoms with Crippen LogP contribution in [0.4, 0.5) is 4.79 Å². The Morgan fingerprint density at radius 1 is 1.50 bits per heavy atom. The number of nitrogens with zero attached hydrogens (tertiary/aromatic N) is 2. The van der Waals surface area contributed by atoms with Crippen molar-refractivity contribution in [3.8, 4) is 0 Å². The van der Waals surface area contributed by atoms with Crippen molar-refractivity contribution >= 4 is 39.3 Å². The van der Waals surface area contributed by atoms with E-state index in [1.54, 1.807) is 25.3 Å². The largest absolute Gasteiger partial charge is 0.480 e. The lowest BCUT2D eigenvalue weighted by molar-refractivity contribution is -0.137. The quantitative estimate of drug-likeness (QED) is 0.899. The zero-order valence-corrected chi connectivity index (χ0v) is 12.6. The van der Waals surface area contributed by atoms with Gasteiger partial charge in [-0.05, 0) is 28.9 Å². The standard InChI is InChI=1S/C11H15BrN2O3S/c1-3-14(6-10(15)16)11(17)13(2)5-9-4-8(12)7-18-9/h4,7H,3,5-6H2,1-2H3,(H,15,16). The van der Waals surface area contributed by atoms with Crippen LogP contribution in [0, 0.1) is 0 Å². The number of amides is 2. The van der Waals surface area contributed by atoms with Gasteiger partial charge < -0.3 is 14.9 Å². The first-order chi connectivity index (χ1) is 8.43. The molecule has 0 aliphatic rings. The lowest BCUT2D eigenvalue weighted by atomic mass is 10.4. The summed E-state index contributed by atoms with van der Waals surface area (Å²) in [6, 6.07) is 1.67. The van der Waals surface area contributed by atoms with E-state index in [2.05, 4.69) is 15.9 Å². The van der Waals surface area contributed by atoms with Crippen molar-refractivity contribution in [1.82, 2.24) is 9.80 Å². The summed E-state index contributed by atoms with van der Waals surface area (Å²) in [6.45, 7) is 2.35. The normalized spacial score (nSPS) is 10.2. The number of hydrogen-bond acceptors (Lipinski definition) is 3. The Balaban J connectivity index is 2.61. The van der Waals surface area contributed by atoms with E-state index in [1.165, 1.54) is 9.80 Å². The molecule has 0 aliphatic carbocycles.